The van der Waals surface area contributed by atoms with Crippen molar-refractivity contribution in [2.45, 2.75) is 6.54 Å². The van der Waals surface area contributed by atoms with Crippen LogP contribution in [0.4, 0.5) is 5.95 Å². The highest BCUT2D eigenvalue weighted by molar-refractivity contribution is 5.42. The fourth-order valence-corrected chi connectivity index (χ4v) is 1.32. The van der Waals surface area contributed by atoms with Gasteiger partial charge in [0.15, 0.2) is 11.5 Å². The topological polar surface area (TPSA) is 96.7 Å². The highest BCUT2D eigenvalue weighted by Gasteiger charge is 2.03. The zero-order valence-corrected chi connectivity index (χ0v) is 8.20. The van der Waals surface area contributed by atoms with Gasteiger partial charge in [-0.25, -0.2) is 4.52 Å². The Bertz CT molecular complexity index is 550. The van der Waals surface area contributed by atoms with Crippen LogP contribution in [0.3, 0.4) is 0 Å². The number of hydrogen-bond acceptors (Lipinski definition) is 6. The van der Waals surface area contributed by atoms with Crippen LogP contribution in [0.2, 0.25) is 0 Å². The van der Waals surface area contributed by atoms with E-state index in [0.717, 1.165) is 5.65 Å². The number of hydrogen-bond donors (Lipinski definition) is 2. The number of aromatic amines is 1. The van der Waals surface area contributed by atoms with Crippen molar-refractivity contribution in [3.63, 3.8) is 0 Å². The van der Waals surface area contributed by atoms with Gasteiger partial charge in [-0.1, -0.05) is 11.3 Å². The summed E-state index contributed by atoms with van der Waals surface area (Å²) in [6, 6.07) is 5.68. The van der Waals surface area contributed by atoms with Crippen LogP contribution in [-0.4, -0.2) is 35.2 Å². The Kier molecular flexibility index (Phi) is 1.96. The average molecular weight is 216 g/mol. The zero-order valence-electron chi connectivity index (χ0n) is 8.20. The molecule has 0 bridgehead atoms. The summed E-state index contributed by atoms with van der Waals surface area (Å²) in [7, 11) is 0. The Morgan fingerprint density at radius 3 is 3.19 bits per heavy atom. The second kappa shape index (κ2) is 3.57. The lowest BCUT2D eigenvalue weighted by molar-refractivity contribution is 0.881. The normalized spacial score (nSPS) is 10.8. The first-order valence-corrected chi connectivity index (χ1v) is 4.69. The molecule has 3 aromatic rings. The Hall–Kier alpha value is -2.51. The monoisotopic (exact) mass is 216 g/mol. The highest BCUT2D eigenvalue weighted by Crippen LogP contribution is 2.04. The van der Waals surface area contributed by atoms with E-state index in [1.54, 1.807) is 4.52 Å². The Labute approximate surface area is 89.7 Å². The molecule has 16 heavy (non-hydrogen) atoms. The number of rotatable bonds is 3. The van der Waals surface area contributed by atoms with Gasteiger partial charge in [-0.15, -0.1) is 15.3 Å². The summed E-state index contributed by atoms with van der Waals surface area (Å²) in [5, 5.41) is 20.7. The zero-order chi connectivity index (χ0) is 10.8. The van der Waals surface area contributed by atoms with E-state index in [0.29, 0.717) is 18.3 Å². The minimum atomic E-state index is 0.438. The number of aromatic nitrogens is 7. The first-order chi connectivity index (χ1) is 7.92. The summed E-state index contributed by atoms with van der Waals surface area (Å²) in [4.78, 5) is 4.27. The van der Waals surface area contributed by atoms with Gasteiger partial charge in [0.2, 0.25) is 5.95 Å². The van der Waals surface area contributed by atoms with Crippen LogP contribution in [-0.2, 0) is 6.54 Å². The third-order valence-electron chi connectivity index (χ3n) is 2.04. The maximum Gasteiger partial charge on any atom is 0.243 e. The number of nitrogens with one attached hydrogen (secondary N) is 2. The quantitative estimate of drug-likeness (QED) is 0.632. The molecule has 2 N–H and O–H groups in total. The van der Waals surface area contributed by atoms with Crippen LogP contribution in [0.5, 0.6) is 0 Å². The van der Waals surface area contributed by atoms with Crippen LogP contribution in [0.15, 0.2) is 24.4 Å². The number of H-pyrrole nitrogens is 1. The molecule has 3 aromatic heterocycles. The van der Waals surface area contributed by atoms with Crippen molar-refractivity contribution in [2.75, 3.05) is 5.32 Å². The van der Waals surface area contributed by atoms with E-state index in [1.807, 2.05) is 24.4 Å². The van der Waals surface area contributed by atoms with Crippen molar-refractivity contribution < 1.29 is 0 Å². The van der Waals surface area contributed by atoms with Crippen molar-refractivity contribution >= 4 is 11.6 Å². The number of fused-ring (bicyclic) bond motifs is 1. The number of anilines is 1. The van der Waals surface area contributed by atoms with Crippen LogP contribution >= 0.6 is 0 Å². The van der Waals surface area contributed by atoms with Crippen LogP contribution in [0.25, 0.3) is 5.65 Å². The first kappa shape index (κ1) is 8.77. The average Bonchev–Trinajstić information content (AvgIpc) is 2.95. The molecule has 3 heterocycles. The lowest BCUT2D eigenvalue weighted by atomic mass is 10.5. The van der Waals surface area contributed by atoms with Crippen LogP contribution in [0, 0.1) is 0 Å². The van der Waals surface area contributed by atoms with E-state index >= 15 is 0 Å². The molecule has 0 atom stereocenters. The molecule has 3 rings (SSSR count). The van der Waals surface area contributed by atoms with E-state index in [4.69, 9.17) is 0 Å². The van der Waals surface area contributed by atoms with Crippen molar-refractivity contribution in [1.29, 1.82) is 0 Å². The predicted molar refractivity (Wildman–Crippen MR) is 54.5 cm³/mol. The SMILES string of the molecule is c1ccn2nc(NCc3nn[nH]n3)nc2c1. The number of tetrazole rings is 1. The summed E-state index contributed by atoms with van der Waals surface area (Å²) in [6.07, 6.45) is 1.84. The van der Waals surface area contributed by atoms with Gasteiger partial charge in [-0.2, -0.15) is 10.2 Å². The minimum absolute atomic E-state index is 0.438. The molecule has 0 aromatic carbocycles. The molecule has 80 valence electrons. The van der Waals surface area contributed by atoms with Crippen molar-refractivity contribution in [3.8, 4) is 0 Å². The van der Waals surface area contributed by atoms with Gasteiger partial charge in [0.05, 0.1) is 6.54 Å². The summed E-state index contributed by atoms with van der Waals surface area (Å²) in [6.45, 7) is 0.438. The fourth-order valence-electron chi connectivity index (χ4n) is 1.32. The largest absolute Gasteiger partial charge is 0.345 e. The third kappa shape index (κ3) is 1.56. The highest BCUT2D eigenvalue weighted by atomic mass is 15.5. The molecule has 0 fully saturated rings. The van der Waals surface area contributed by atoms with Gasteiger partial charge in [0.1, 0.15) is 0 Å². The van der Waals surface area contributed by atoms with E-state index in [-0.39, 0.29) is 0 Å². The predicted octanol–water partition coefficient (Wildman–Crippen LogP) is -0.146. The van der Waals surface area contributed by atoms with Gasteiger partial charge in [-0.05, 0) is 12.1 Å². The van der Waals surface area contributed by atoms with Crippen LogP contribution in [0.1, 0.15) is 5.82 Å². The summed E-state index contributed by atoms with van der Waals surface area (Å²) in [5.41, 5.74) is 0.790. The maximum absolute atomic E-state index is 4.27. The van der Waals surface area contributed by atoms with E-state index in [9.17, 15) is 0 Å². The van der Waals surface area contributed by atoms with Crippen molar-refractivity contribution in [3.05, 3.63) is 30.2 Å². The van der Waals surface area contributed by atoms with Gasteiger partial charge >= 0.3 is 0 Å². The Morgan fingerprint density at radius 1 is 1.38 bits per heavy atom. The number of pyridine rings is 1. The van der Waals surface area contributed by atoms with Crippen LogP contribution < -0.4 is 5.32 Å². The molecular formula is C8H8N8. The number of nitrogens with zero attached hydrogens (tertiary/aromatic N) is 6. The molecule has 0 saturated heterocycles. The van der Waals surface area contributed by atoms with E-state index < -0.39 is 0 Å². The molecular weight excluding hydrogens is 208 g/mol. The lowest BCUT2D eigenvalue weighted by Gasteiger charge is -1.94. The molecule has 0 spiro atoms. The van der Waals surface area contributed by atoms with Gasteiger partial charge < -0.3 is 5.32 Å². The van der Waals surface area contributed by atoms with E-state index in [2.05, 4.69) is 36.0 Å². The molecule has 0 unspecified atom stereocenters. The molecule has 0 aliphatic rings. The third-order valence-corrected chi connectivity index (χ3v) is 2.04. The molecule has 0 amide bonds. The minimum Gasteiger partial charge on any atom is -0.345 e. The molecule has 0 aliphatic heterocycles. The molecule has 8 nitrogen and oxygen atoms in total. The molecule has 0 radical (unpaired) electrons. The summed E-state index contributed by atoms with van der Waals surface area (Å²) >= 11 is 0. The van der Waals surface area contributed by atoms with Crippen molar-refractivity contribution in [1.82, 2.24) is 35.2 Å². The van der Waals surface area contributed by atoms with Gasteiger partial charge in [0, 0.05) is 6.20 Å². The maximum atomic E-state index is 4.27. The lowest BCUT2D eigenvalue weighted by Crippen LogP contribution is -2.03. The standard InChI is InChI=1S/C8H8N8/c1-2-4-16-7(3-1)10-8(13-16)9-5-6-11-14-15-12-6/h1-4H,5H2,(H,9,13)(H,11,12,14,15). The van der Waals surface area contributed by atoms with Gasteiger partial charge in [-0.3, -0.25) is 0 Å². The molecule has 0 saturated carbocycles. The summed E-state index contributed by atoms with van der Waals surface area (Å²) in [5.74, 6) is 1.11. The Balaban J connectivity index is 1.79. The van der Waals surface area contributed by atoms with E-state index in [1.165, 1.54) is 0 Å². The second-order valence-electron chi connectivity index (χ2n) is 3.12. The first-order valence-electron chi connectivity index (χ1n) is 4.69. The smallest absolute Gasteiger partial charge is 0.243 e. The molecule has 0 aliphatic carbocycles. The Morgan fingerprint density at radius 2 is 2.38 bits per heavy atom. The fraction of sp³-hybridized carbons (Fsp3) is 0.125. The molecule has 8 heteroatoms. The summed E-state index contributed by atoms with van der Waals surface area (Å²) < 4.78 is 1.69. The second-order valence-corrected chi connectivity index (χ2v) is 3.12. The van der Waals surface area contributed by atoms with Crippen molar-refractivity contribution in [2.24, 2.45) is 0 Å². The van der Waals surface area contributed by atoms with Gasteiger partial charge in [0.25, 0.3) is 0 Å².